The monoisotopic (exact) mass is 290 g/mol. The van der Waals surface area contributed by atoms with Crippen LogP contribution in [0.1, 0.15) is 40.5 Å². The van der Waals surface area contributed by atoms with Crippen molar-refractivity contribution < 1.29 is 4.79 Å². The second-order valence-electron chi connectivity index (χ2n) is 5.08. The molecule has 0 fully saturated rings. The Balaban J connectivity index is 2.23. The molecule has 0 atom stereocenters. The van der Waals surface area contributed by atoms with E-state index in [1.807, 2.05) is 19.1 Å². The average Bonchev–Trinajstić information content (AvgIpc) is 2.76. The maximum atomic E-state index is 12.4. The van der Waals surface area contributed by atoms with Gasteiger partial charge in [0.25, 0.3) is 0 Å². The number of nitrogens with zero attached hydrogens (tertiary/aromatic N) is 2. The van der Waals surface area contributed by atoms with Gasteiger partial charge in [-0.15, -0.1) is 0 Å². The second-order valence-corrected chi connectivity index (χ2v) is 5.49. The Bertz CT molecular complexity index is 631. The van der Waals surface area contributed by atoms with Crippen LogP contribution >= 0.6 is 11.6 Å². The number of rotatable bonds is 5. The summed E-state index contributed by atoms with van der Waals surface area (Å²) in [5.41, 5.74) is 3.96. The summed E-state index contributed by atoms with van der Waals surface area (Å²) in [6.45, 7) is 6.87. The van der Waals surface area contributed by atoms with Crippen LogP contribution in [-0.2, 0) is 13.0 Å². The van der Waals surface area contributed by atoms with Crippen molar-refractivity contribution in [3.8, 4) is 0 Å². The molecule has 0 radical (unpaired) electrons. The number of Topliss-reactive ketones (excluding diaryl/α,β-unsaturated/α-hetero) is 1. The lowest BCUT2D eigenvalue weighted by atomic mass is 10.0. The molecule has 0 unspecified atom stereocenters. The third-order valence-electron chi connectivity index (χ3n) is 3.43. The van der Waals surface area contributed by atoms with Crippen LogP contribution in [0.4, 0.5) is 0 Å². The highest BCUT2D eigenvalue weighted by Crippen LogP contribution is 2.19. The van der Waals surface area contributed by atoms with Crippen molar-refractivity contribution >= 4 is 17.4 Å². The minimum absolute atomic E-state index is 0.0178. The van der Waals surface area contributed by atoms with Crippen LogP contribution in [0.5, 0.6) is 0 Å². The lowest BCUT2D eigenvalue weighted by molar-refractivity contribution is 0.0982. The predicted octanol–water partition coefficient (Wildman–Crippen LogP) is 3.99. The third kappa shape index (κ3) is 3.10. The van der Waals surface area contributed by atoms with Crippen LogP contribution in [0.15, 0.2) is 24.4 Å². The molecule has 3 nitrogen and oxygen atoms in total. The van der Waals surface area contributed by atoms with Crippen LogP contribution in [0.2, 0.25) is 5.02 Å². The van der Waals surface area contributed by atoms with Crippen molar-refractivity contribution in [2.75, 3.05) is 0 Å². The average molecular weight is 291 g/mol. The Morgan fingerprint density at radius 1 is 1.30 bits per heavy atom. The molecule has 1 heterocycles. The fourth-order valence-corrected chi connectivity index (χ4v) is 2.45. The molecule has 0 saturated carbocycles. The van der Waals surface area contributed by atoms with Crippen LogP contribution in [0.3, 0.4) is 0 Å². The first-order chi connectivity index (χ1) is 9.52. The van der Waals surface area contributed by atoms with Crippen molar-refractivity contribution in [1.82, 2.24) is 9.78 Å². The van der Waals surface area contributed by atoms with Crippen molar-refractivity contribution in [2.45, 2.75) is 40.2 Å². The first kappa shape index (κ1) is 14.8. The third-order valence-corrected chi connectivity index (χ3v) is 3.71. The van der Waals surface area contributed by atoms with E-state index in [2.05, 4.69) is 25.0 Å². The molecular formula is C16H19ClN2O. The summed E-state index contributed by atoms with van der Waals surface area (Å²) in [7, 11) is 0. The van der Waals surface area contributed by atoms with E-state index in [1.165, 1.54) is 11.1 Å². The molecule has 106 valence electrons. The standard InChI is InChI=1S/C16H19ClN2O/c1-4-7-19-16(14(17)10-18-19)15(20)9-13-6-5-11(2)12(3)8-13/h5-6,8,10H,4,7,9H2,1-3H3. The van der Waals surface area contributed by atoms with E-state index >= 15 is 0 Å². The van der Waals surface area contributed by atoms with Gasteiger partial charge in [0.05, 0.1) is 11.2 Å². The fraction of sp³-hybridized carbons (Fsp3) is 0.375. The molecule has 2 rings (SSSR count). The minimum Gasteiger partial charge on any atom is -0.292 e. The van der Waals surface area contributed by atoms with Gasteiger partial charge in [-0.3, -0.25) is 9.48 Å². The first-order valence-corrected chi connectivity index (χ1v) is 7.21. The molecule has 0 N–H and O–H groups in total. The molecule has 0 aliphatic rings. The summed E-state index contributed by atoms with van der Waals surface area (Å²) in [6.07, 6.45) is 2.82. The Morgan fingerprint density at radius 3 is 2.70 bits per heavy atom. The summed E-state index contributed by atoms with van der Waals surface area (Å²) in [4.78, 5) is 12.4. The largest absolute Gasteiger partial charge is 0.292 e. The highest BCUT2D eigenvalue weighted by atomic mass is 35.5. The maximum absolute atomic E-state index is 12.4. The number of aryl methyl sites for hydroxylation is 3. The smallest absolute Gasteiger partial charge is 0.186 e. The second kappa shape index (κ2) is 6.23. The summed E-state index contributed by atoms with van der Waals surface area (Å²) >= 11 is 6.09. The Kier molecular flexibility index (Phi) is 4.61. The van der Waals surface area contributed by atoms with Gasteiger partial charge < -0.3 is 0 Å². The molecular weight excluding hydrogens is 272 g/mol. The van der Waals surface area contributed by atoms with Crippen LogP contribution < -0.4 is 0 Å². The van der Waals surface area contributed by atoms with E-state index in [0.717, 1.165) is 12.0 Å². The van der Waals surface area contributed by atoms with Crippen molar-refractivity contribution in [3.05, 3.63) is 51.8 Å². The van der Waals surface area contributed by atoms with E-state index in [4.69, 9.17) is 11.6 Å². The molecule has 4 heteroatoms. The highest BCUT2D eigenvalue weighted by molar-refractivity contribution is 6.33. The number of carbonyl (C=O) groups is 1. The van der Waals surface area contributed by atoms with Crippen LogP contribution in [-0.4, -0.2) is 15.6 Å². The van der Waals surface area contributed by atoms with Crippen molar-refractivity contribution in [2.24, 2.45) is 0 Å². The van der Waals surface area contributed by atoms with E-state index < -0.39 is 0 Å². The highest BCUT2D eigenvalue weighted by Gasteiger charge is 2.17. The molecule has 1 aromatic carbocycles. The molecule has 0 spiro atoms. The Hall–Kier alpha value is -1.61. The summed E-state index contributed by atoms with van der Waals surface area (Å²) < 4.78 is 1.70. The van der Waals surface area contributed by atoms with Gasteiger partial charge in [0, 0.05) is 13.0 Å². The number of hydrogen-bond acceptors (Lipinski definition) is 2. The van der Waals surface area contributed by atoms with E-state index in [1.54, 1.807) is 10.9 Å². The number of hydrogen-bond donors (Lipinski definition) is 0. The molecule has 0 aliphatic heterocycles. The number of benzene rings is 1. The minimum atomic E-state index is 0.0178. The summed E-state index contributed by atoms with van der Waals surface area (Å²) in [5.74, 6) is 0.0178. The van der Waals surface area contributed by atoms with Gasteiger partial charge >= 0.3 is 0 Å². The molecule has 2 aromatic rings. The topological polar surface area (TPSA) is 34.9 Å². The molecule has 0 saturated heterocycles. The predicted molar refractivity (Wildman–Crippen MR) is 81.5 cm³/mol. The van der Waals surface area contributed by atoms with Crippen molar-refractivity contribution in [1.29, 1.82) is 0 Å². The lowest BCUT2D eigenvalue weighted by Gasteiger charge is -2.07. The SMILES string of the molecule is CCCn1ncc(Cl)c1C(=O)Cc1ccc(C)c(C)c1. The molecule has 0 bridgehead atoms. The zero-order valence-electron chi connectivity index (χ0n) is 12.1. The van der Waals surface area contributed by atoms with Gasteiger partial charge in [0.2, 0.25) is 0 Å². The van der Waals surface area contributed by atoms with Crippen molar-refractivity contribution in [3.63, 3.8) is 0 Å². The summed E-state index contributed by atoms with van der Waals surface area (Å²) in [6, 6.07) is 6.10. The van der Waals surface area contributed by atoms with Gasteiger partial charge in [0.15, 0.2) is 5.78 Å². The van der Waals surface area contributed by atoms with Gasteiger partial charge in [-0.1, -0.05) is 36.7 Å². The maximum Gasteiger partial charge on any atom is 0.186 e. The van der Waals surface area contributed by atoms with Crippen LogP contribution in [0, 0.1) is 13.8 Å². The Labute approximate surface area is 124 Å². The number of carbonyl (C=O) groups excluding carboxylic acids is 1. The summed E-state index contributed by atoms with van der Waals surface area (Å²) in [5, 5.41) is 4.60. The normalized spacial score (nSPS) is 10.8. The zero-order valence-corrected chi connectivity index (χ0v) is 12.9. The number of aromatic nitrogens is 2. The van der Waals surface area contributed by atoms with Crippen LogP contribution in [0.25, 0.3) is 0 Å². The lowest BCUT2D eigenvalue weighted by Crippen LogP contribution is -2.13. The van der Waals surface area contributed by atoms with Gasteiger partial charge in [-0.2, -0.15) is 5.10 Å². The van der Waals surface area contributed by atoms with E-state index in [-0.39, 0.29) is 5.78 Å². The van der Waals surface area contributed by atoms with Gasteiger partial charge in [-0.05, 0) is 37.0 Å². The first-order valence-electron chi connectivity index (χ1n) is 6.83. The molecule has 0 amide bonds. The molecule has 20 heavy (non-hydrogen) atoms. The van der Waals surface area contributed by atoms with E-state index in [9.17, 15) is 4.79 Å². The Morgan fingerprint density at radius 2 is 2.05 bits per heavy atom. The fourth-order valence-electron chi connectivity index (χ4n) is 2.20. The quantitative estimate of drug-likeness (QED) is 0.781. The molecule has 0 aliphatic carbocycles. The van der Waals surface area contributed by atoms with Gasteiger partial charge in [0.1, 0.15) is 5.69 Å². The number of halogens is 1. The molecule has 1 aromatic heterocycles. The van der Waals surface area contributed by atoms with Gasteiger partial charge in [-0.25, -0.2) is 0 Å². The number of ketones is 1. The zero-order chi connectivity index (χ0) is 14.7. The van der Waals surface area contributed by atoms with E-state index in [0.29, 0.717) is 23.7 Å².